The fourth-order valence-electron chi connectivity index (χ4n) is 3.14. The number of carbonyl (C=O) groups is 1. The number of aryl methyl sites for hydroxylation is 1. The number of nitrogens with zero attached hydrogens (tertiary/aromatic N) is 3. The van der Waals surface area contributed by atoms with Gasteiger partial charge >= 0.3 is 0 Å². The van der Waals surface area contributed by atoms with Gasteiger partial charge in [-0.25, -0.2) is 4.98 Å². The van der Waals surface area contributed by atoms with Crippen LogP contribution in [0.3, 0.4) is 0 Å². The number of para-hydroxylation sites is 1. The van der Waals surface area contributed by atoms with E-state index in [1.165, 1.54) is 4.90 Å². The van der Waals surface area contributed by atoms with Crippen molar-refractivity contribution < 1.29 is 14.1 Å². The number of benzene rings is 2. The number of aromatic nitrogens is 2. The maximum absolute atomic E-state index is 12.6. The van der Waals surface area contributed by atoms with E-state index in [1.807, 2.05) is 67.6 Å². The van der Waals surface area contributed by atoms with Gasteiger partial charge in [0.05, 0.1) is 22.5 Å². The van der Waals surface area contributed by atoms with Gasteiger partial charge in [0.15, 0.2) is 5.76 Å². The zero-order valence-corrected chi connectivity index (χ0v) is 17.7. The molecule has 31 heavy (non-hydrogen) atoms. The lowest BCUT2D eigenvalue weighted by Crippen LogP contribution is -2.22. The first-order valence-electron chi connectivity index (χ1n) is 9.94. The molecule has 0 aliphatic rings. The first-order valence-corrected chi connectivity index (χ1v) is 9.94. The van der Waals surface area contributed by atoms with Gasteiger partial charge < -0.3 is 14.2 Å². The van der Waals surface area contributed by atoms with E-state index in [9.17, 15) is 4.79 Å². The number of pyridine rings is 1. The molecule has 0 aliphatic heterocycles. The average molecular weight is 413 g/mol. The van der Waals surface area contributed by atoms with Crippen LogP contribution in [0.1, 0.15) is 22.7 Å². The molecule has 4 aromatic rings. The first kappa shape index (κ1) is 20.3. The van der Waals surface area contributed by atoms with E-state index in [0.29, 0.717) is 17.9 Å². The number of hydrogen-bond acceptors (Lipinski definition) is 5. The van der Waals surface area contributed by atoms with Gasteiger partial charge in [-0.15, -0.1) is 0 Å². The van der Waals surface area contributed by atoms with Crippen molar-refractivity contribution in [3.63, 3.8) is 0 Å². The van der Waals surface area contributed by atoms with Gasteiger partial charge in [0, 0.05) is 25.5 Å². The van der Waals surface area contributed by atoms with Gasteiger partial charge in [0.25, 0.3) is 5.91 Å². The Morgan fingerprint density at radius 2 is 1.84 bits per heavy atom. The number of hydrogen-bond donors (Lipinski definition) is 0. The van der Waals surface area contributed by atoms with Crippen LogP contribution < -0.4 is 4.74 Å². The van der Waals surface area contributed by atoms with Crippen molar-refractivity contribution in [2.24, 2.45) is 0 Å². The van der Waals surface area contributed by atoms with E-state index in [2.05, 4.69) is 10.1 Å². The second-order valence-corrected chi connectivity index (χ2v) is 7.44. The van der Waals surface area contributed by atoms with Crippen molar-refractivity contribution in [2.75, 3.05) is 14.1 Å². The summed E-state index contributed by atoms with van der Waals surface area (Å²) in [5.74, 6) is 1.01. The van der Waals surface area contributed by atoms with Crippen LogP contribution >= 0.6 is 0 Å². The average Bonchev–Trinajstić information content (AvgIpc) is 3.22. The standard InChI is InChI=1S/C25H23N3O3/c1-17-14-24(31-27-17)22(25(29)28(2)3)15-18-8-12-21(13-9-18)30-16-20-11-10-19-6-4-5-7-23(19)26-20/h4-15H,16H2,1-3H3. The van der Waals surface area contributed by atoms with Crippen LogP contribution in [0, 0.1) is 6.92 Å². The summed E-state index contributed by atoms with van der Waals surface area (Å²) in [5, 5.41) is 5.00. The van der Waals surface area contributed by atoms with Gasteiger partial charge in [-0.1, -0.05) is 41.6 Å². The monoisotopic (exact) mass is 413 g/mol. The molecule has 6 heteroatoms. The second kappa shape index (κ2) is 8.83. The van der Waals surface area contributed by atoms with Crippen LogP contribution in [-0.4, -0.2) is 35.0 Å². The lowest BCUT2D eigenvalue weighted by molar-refractivity contribution is -0.122. The molecular formula is C25H23N3O3. The molecular weight excluding hydrogens is 390 g/mol. The van der Waals surface area contributed by atoms with Crippen LogP contribution in [0.5, 0.6) is 5.75 Å². The molecule has 0 saturated carbocycles. The quantitative estimate of drug-likeness (QED) is 0.427. The van der Waals surface area contributed by atoms with Crippen molar-refractivity contribution in [3.05, 3.63) is 89.4 Å². The number of rotatable bonds is 6. The molecule has 2 aromatic carbocycles. The molecule has 1 amide bonds. The summed E-state index contributed by atoms with van der Waals surface area (Å²) in [6.45, 7) is 2.20. The highest BCUT2D eigenvalue weighted by Gasteiger charge is 2.18. The van der Waals surface area contributed by atoms with Crippen molar-refractivity contribution >= 4 is 28.5 Å². The third-order valence-corrected chi connectivity index (χ3v) is 4.76. The Labute approximate surface area is 180 Å². The summed E-state index contributed by atoms with van der Waals surface area (Å²) in [4.78, 5) is 18.8. The Morgan fingerprint density at radius 3 is 2.55 bits per heavy atom. The molecule has 6 nitrogen and oxygen atoms in total. The van der Waals surface area contributed by atoms with Crippen LogP contribution in [0.2, 0.25) is 0 Å². The molecule has 156 valence electrons. The SMILES string of the molecule is Cc1cc(C(=Cc2ccc(OCc3ccc4ccccc4n3)cc2)C(=O)N(C)C)on1. The molecule has 0 aliphatic carbocycles. The zero-order valence-electron chi connectivity index (χ0n) is 17.7. The highest BCUT2D eigenvalue weighted by atomic mass is 16.5. The van der Waals surface area contributed by atoms with Gasteiger partial charge in [0.2, 0.25) is 0 Å². The molecule has 2 heterocycles. The van der Waals surface area contributed by atoms with Gasteiger partial charge in [0.1, 0.15) is 12.4 Å². The summed E-state index contributed by atoms with van der Waals surface area (Å²) in [7, 11) is 3.41. The van der Waals surface area contributed by atoms with Crippen LogP contribution in [0.15, 0.2) is 71.3 Å². The summed E-state index contributed by atoms with van der Waals surface area (Å²) in [6.07, 6.45) is 1.79. The predicted octanol–water partition coefficient (Wildman–Crippen LogP) is 4.74. The Kier molecular flexibility index (Phi) is 5.80. The smallest absolute Gasteiger partial charge is 0.257 e. The highest BCUT2D eigenvalue weighted by molar-refractivity contribution is 6.23. The Balaban J connectivity index is 1.50. The van der Waals surface area contributed by atoms with Gasteiger partial charge in [-0.2, -0.15) is 0 Å². The first-order chi connectivity index (χ1) is 15.0. The maximum Gasteiger partial charge on any atom is 0.257 e. The summed E-state index contributed by atoms with van der Waals surface area (Å²) < 4.78 is 11.2. The maximum atomic E-state index is 12.6. The van der Waals surface area contributed by atoms with E-state index in [4.69, 9.17) is 9.26 Å². The normalized spacial score (nSPS) is 11.5. The van der Waals surface area contributed by atoms with Crippen molar-refractivity contribution in [1.29, 1.82) is 0 Å². The van der Waals surface area contributed by atoms with Crippen LogP contribution in [-0.2, 0) is 11.4 Å². The Hall–Kier alpha value is -3.93. The van der Waals surface area contributed by atoms with Crippen LogP contribution in [0.4, 0.5) is 0 Å². The molecule has 0 bridgehead atoms. The van der Waals surface area contributed by atoms with Gasteiger partial charge in [-0.05, 0) is 42.8 Å². The number of ether oxygens (including phenoxy) is 1. The van der Waals surface area contributed by atoms with Crippen molar-refractivity contribution in [3.8, 4) is 5.75 Å². The minimum atomic E-state index is -0.154. The lowest BCUT2D eigenvalue weighted by atomic mass is 10.1. The third kappa shape index (κ3) is 4.80. The molecule has 0 N–H and O–H groups in total. The van der Waals surface area contributed by atoms with Crippen molar-refractivity contribution in [1.82, 2.24) is 15.0 Å². The topological polar surface area (TPSA) is 68.5 Å². The van der Waals surface area contributed by atoms with E-state index in [-0.39, 0.29) is 5.91 Å². The minimum Gasteiger partial charge on any atom is -0.487 e. The minimum absolute atomic E-state index is 0.154. The molecule has 0 fully saturated rings. The molecule has 2 aromatic heterocycles. The Morgan fingerprint density at radius 1 is 1.06 bits per heavy atom. The molecule has 0 radical (unpaired) electrons. The third-order valence-electron chi connectivity index (χ3n) is 4.76. The predicted molar refractivity (Wildman–Crippen MR) is 120 cm³/mol. The molecule has 0 spiro atoms. The zero-order chi connectivity index (χ0) is 21.8. The van der Waals surface area contributed by atoms with Crippen molar-refractivity contribution in [2.45, 2.75) is 13.5 Å². The summed E-state index contributed by atoms with van der Waals surface area (Å²) >= 11 is 0. The van der Waals surface area contributed by atoms with E-state index in [0.717, 1.165) is 33.6 Å². The second-order valence-electron chi connectivity index (χ2n) is 7.44. The van der Waals surface area contributed by atoms with E-state index >= 15 is 0 Å². The van der Waals surface area contributed by atoms with Crippen LogP contribution in [0.25, 0.3) is 22.6 Å². The number of carbonyl (C=O) groups excluding carboxylic acids is 1. The fourth-order valence-corrected chi connectivity index (χ4v) is 3.14. The van der Waals surface area contributed by atoms with E-state index < -0.39 is 0 Å². The van der Waals surface area contributed by atoms with Gasteiger partial charge in [-0.3, -0.25) is 4.79 Å². The number of likely N-dealkylation sites (N-methyl/N-ethyl adjacent to an activating group) is 1. The highest BCUT2D eigenvalue weighted by Crippen LogP contribution is 2.23. The molecule has 0 atom stereocenters. The Bertz CT molecular complexity index is 1240. The lowest BCUT2D eigenvalue weighted by Gasteiger charge is -2.12. The number of fused-ring (bicyclic) bond motifs is 1. The molecule has 0 unspecified atom stereocenters. The summed E-state index contributed by atoms with van der Waals surface area (Å²) in [5.41, 5.74) is 3.83. The molecule has 4 rings (SSSR count). The van der Waals surface area contributed by atoms with E-state index in [1.54, 1.807) is 26.2 Å². The summed E-state index contributed by atoms with van der Waals surface area (Å²) in [6, 6.07) is 21.3. The number of amides is 1. The largest absolute Gasteiger partial charge is 0.487 e. The fraction of sp³-hybridized carbons (Fsp3) is 0.160. The molecule has 0 saturated heterocycles.